The molecule has 9 heteroatoms. The van der Waals surface area contributed by atoms with Crippen LogP contribution in [-0.2, 0) is 32.7 Å². The Bertz CT molecular complexity index is 1050. The summed E-state index contributed by atoms with van der Waals surface area (Å²) in [5.41, 5.74) is 0. The standard InChI is InChI=1S/C44H77O8P/c1-4-6-8-10-12-14-16-18-20-22-24-26-28-30-32-34-36-38-43(45)50-40-42(41-51-53(47,48)49-3)52-44(46)39-37-35-33-31-29-27-25-23-21-19-17-15-13-11-9-7-5-2/h7,9,13,15,19,21,25,27,31,33,42H,4-6,8,10-12,14,16-18,20,22-24,26,28-30,32,34-41H2,1-3H3,(H,47,48)/b9-7-,15-13-,21-19-,27-25-,33-31-. The molecule has 0 bridgehead atoms. The van der Waals surface area contributed by atoms with Crippen molar-refractivity contribution in [2.45, 2.75) is 187 Å². The van der Waals surface area contributed by atoms with Crippen LogP contribution in [0.15, 0.2) is 60.8 Å². The third-order valence-corrected chi connectivity index (χ3v) is 9.71. The van der Waals surface area contributed by atoms with Crippen LogP contribution in [0.5, 0.6) is 0 Å². The van der Waals surface area contributed by atoms with Gasteiger partial charge in [-0.1, -0.05) is 177 Å². The molecule has 0 saturated carbocycles. The fourth-order valence-electron chi connectivity index (χ4n) is 5.58. The molecule has 8 nitrogen and oxygen atoms in total. The smallest absolute Gasteiger partial charge is 0.462 e. The van der Waals surface area contributed by atoms with E-state index >= 15 is 0 Å². The fraction of sp³-hybridized carbons (Fsp3) is 0.727. The van der Waals surface area contributed by atoms with Crippen molar-refractivity contribution in [1.82, 2.24) is 0 Å². The number of ether oxygens (including phenoxy) is 2. The maximum atomic E-state index is 12.5. The zero-order valence-electron chi connectivity index (χ0n) is 33.9. The van der Waals surface area contributed by atoms with Gasteiger partial charge in [0.05, 0.1) is 6.61 Å². The second-order valence-corrected chi connectivity index (χ2v) is 15.3. The van der Waals surface area contributed by atoms with Gasteiger partial charge >= 0.3 is 19.8 Å². The summed E-state index contributed by atoms with van der Waals surface area (Å²) < 4.78 is 31.9. The molecule has 0 rings (SSSR count). The molecule has 0 radical (unpaired) electrons. The molecule has 306 valence electrons. The lowest BCUT2D eigenvalue weighted by molar-refractivity contribution is -0.161. The molecule has 0 aliphatic carbocycles. The first-order chi connectivity index (χ1) is 25.8. The van der Waals surface area contributed by atoms with Crippen molar-refractivity contribution in [1.29, 1.82) is 0 Å². The highest BCUT2D eigenvalue weighted by molar-refractivity contribution is 7.47. The highest BCUT2D eigenvalue weighted by Crippen LogP contribution is 2.42. The van der Waals surface area contributed by atoms with Crippen molar-refractivity contribution in [3.05, 3.63) is 60.8 Å². The molecular weight excluding hydrogens is 687 g/mol. The zero-order valence-corrected chi connectivity index (χ0v) is 34.8. The maximum absolute atomic E-state index is 12.5. The number of phosphoric ester groups is 1. The molecule has 0 aromatic carbocycles. The number of hydrogen-bond acceptors (Lipinski definition) is 7. The first kappa shape index (κ1) is 50.8. The van der Waals surface area contributed by atoms with E-state index in [2.05, 4.69) is 73.1 Å². The Labute approximate surface area is 324 Å². The van der Waals surface area contributed by atoms with Crippen LogP contribution in [0.2, 0.25) is 0 Å². The zero-order chi connectivity index (χ0) is 38.9. The minimum absolute atomic E-state index is 0.166. The van der Waals surface area contributed by atoms with Gasteiger partial charge in [0.15, 0.2) is 6.10 Å². The lowest BCUT2D eigenvalue weighted by atomic mass is 10.0. The fourth-order valence-corrected chi connectivity index (χ4v) is 6.04. The molecule has 0 saturated heterocycles. The summed E-state index contributed by atoms with van der Waals surface area (Å²) in [5.74, 6) is -0.871. The molecule has 0 aromatic heterocycles. The van der Waals surface area contributed by atoms with E-state index in [1.165, 1.54) is 89.9 Å². The molecule has 0 fully saturated rings. The first-order valence-electron chi connectivity index (χ1n) is 21.0. The quantitative estimate of drug-likeness (QED) is 0.0286. The highest BCUT2D eigenvalue weighted by atomic mass is 31.2. The average molecular weight is 765 g/mol. The van der Waals surface area contributed by atoms with E-state index in [0.29, 0.717) is 12.8 Å². The Morgan fingerprint density at radius 1 is 0.547 bits per heavy atom. The molecule has 1 N–H and O–H groups in total. The van der Waals surface area contributed by atoms with Crippen LogP contribution in [0.25, 0.3) is 0 Å². The van der Waals surface area contributed by atoms with Gasteiger partial charge in [-0.2, -0.15) is 0 Å². The van der Waals surface area contributed by atoms with Crippen molar-refractivity contribution in [3.8, 4) is 0 Å². The van der Waals surface area contributed by atoms with E-state index in [1.54, 1.807) is 0 Å². The van der Waals surface area contributed by atoms with Crippen molar-refractivity contribution >= 4 is 19.8 Å². The Morgan fingerprint density at radius 3 is 1.42 bits per heavy atom. The van der Waals surface area contributed by atoms with Crippen LogP contribution in [0.4, 0.5) is 0 Å². The molecule has 0 heterocycles. The number of rotatable bonds is 38. The third-order valence-electron chi connectivity index (χ3n) is 8.78. The van der Waals surface area contributed by atoms with Gasteiger partial charge in [-0.25, -0.2) is 4.57 Å². The molecule has 0 aliphatic rings. The second-order valence-electron chi connectivity index (χ2n) is 13.7. The van der Waals surface area contributed by atoms with E-state index in [0.717, 1.165) is 58.5 Å². The van der Waals surface area contributed by atoms with Crippen LogP contribution in [0.3, 0.4) is 0 Å². The summed E-state index contributed by atoms with van der Waals surface area (Å²) in [5, 5.41) is 0. The van der Waals surface area contributed by atoms with Crippen LogP contribution in [-0.4, -0.2) is 43.3 Å². The van der Waals surface area contributed by atoms with Gasteiger partial charge in [-0.3, -0.25) is 18.6 Å². The number of carbonyl (C=O) groups excluding carboxylic acids is 2. The number of phosphoric acid groups is 1. The SMILES string of the molecule is CC/C=C\C/C=C\C/C=C\C/C=C\C/C=C\CCCC(=O)OC(COC(=O)CCCCCCCCCCCCCCCCCCC)COP(=O)(O)OC. The molecule has 2 unspecified atom stereocenters. The van der Waals surface area contributed by atoms with Gasteiger partial charge in [-0.05, 0) is 51.4 Å². The second kappa shape index (κ2) is 39.4. The predicted molar refractivity (Wildman–Crippen MR) is 221 cm³/mol. The minimum Gasteiger partial charge on any atom is -0.462 e. The first-order valence-corrected chi connectivity index (χ1v) is 22.5. The van der Waals surface area contributed by atoms with Crippen LogP contribution in [0, 0.1) is 0 Å². The van der Waals surface area contributed by atoms with Crippen LogP contribution < -0.4 is 0 Å². The number of carbonyl (C=O) groups is 2. The van der Waals surface area contributed by atoms with Crippen molar-refractivity contribution in [2.75, 3.05) is 20.3 Å². The van der Waals surface area contributed by atoms with E-state index < -0.39 is 26.5 Å². The number of allylic oxidation sites excluding steroid dienone is 10. The highest BCUT2D eigenvalue weighted by Gasteiger charge is 2.24. The molecule has 0 aliphatic heterocycles. The Kier molecular flexibility index (Phi) is 37.8. The van der Waals surface area contributed by atoms with Crippen molar-refractivity contribution < 1.29 is 37.6 Å². The topological polar surface area (TPSA) is 108 Å². The normalized spacial score (nSPS) is 14.0. The van der Waals surface area contributed by atoms with Gasteiger partial charge in [0, 0.05) is 20.0 Å². The van der Waals surface area contributed by atoms with Crippen LogP contribution in [0.1, 0.15) is 181 Å². The number of unbranched alkanes of at least 4 members (excludes halogenated alkanes) is 17. The molecule has 0 amide bonds. The van der Waals surface area contributed by atoms with Gasteiger partial charge < -0.3 is 14.4 Å². The summed E-state index contributed by atoms with van der Waals surface area (Å²) in [4.78, 5) is 34.4. The van der Waals surface area contributed by atoms with Crippen LogP contribution >= 0.6 is 7.82 Å². The van der Waals surface area contributed by atoms with E-state index in [9.17, 15) is 19.0 Å². The minimum atomic E-state index is -4.28. The summed E-state index contributed by atoms with van der Waals surface area (Å²) in [6.07, 6.45) is 48.5. The average Bonchev–Trinajstić information content (AvgIpc) is 3.15. The molecule has 53 heavy (non-hydrogen) atoms. The van der Waals surface area contributed by atoms with Crippen molar-refractivity contribution in [2.24, 2.45) is 0 Å². The summed E-state index contributed by atoms with van der Waals surface area (Å²) in [6.45, 7) is 3.73. The monoisotopic (exact) mass is 765 g/mol. The predicted octanol–water partition coefficient (Wildman–Crippen LogP) is 13.2. The van der Waals surface area contributed by atoms with Gasteiger partial charge in [0.25, 0.3) is 0 Å². The maximum Gasteiger partial charge on any atom is 0.472 e. The van der Waals surface area contributed by atoms with Gasteiger partial charge in [-0.15, -0.1) is 0 Å². The molecular formula is C44H77O8P. The third kappa shape index (κ3) is 39.3. The number of hydrogen-bond donors (Lipinski definition) is 1. The number of esters is 2. The molecule has 2 atom stereocenters. The lowest BCUT2D eigenvalue weighted by Crippen LogP contribution is -2.29. The van der Waals surface area contributed by atoms with Gasteiger partial charge in [0.1, 0.15) is 6.61 Å². The van der Waals surface area contributed by atoms with E-state index in [1.807, 2.05) is 6.08 Å². The Balaban J connectivity index is 4.09. The molecule has 0 aromatic rings. The largest absolute Gasteiger partial charge is 0.472 e. The Morgan fingerprint density at radius 2 is 0.962 bits per heavy atom. The summed E-state index contributed by atoms with van der Waals surface area (Å²) in [6, 6.07) is 0. The summed E-state index contributed by atoms with van der Waals surface area (Å²) >= 11 is 0. The van der Waals surface area contributed by atoms with E-state index in [-0.39, 0.29) is 25.4 Å². The summed E-state index contributed by atoms with van der Waals surface area (Å²) in [7, 11) is -3.23. The lowest BCUT2D eigenvalue weighted by Gasteiger charge is -2.19. The molecule has 0 spiro atoms. The van der Waals surface area contributed by atoms with Gasteiger partial charge in [0.2, 0.25) is 0 Å². The Hall–Kier alpha value is -2.25. The van der Waals surface area contributed by atoms with Crippen molar-refractivity contribution in [3.63, 3.8) is 0 Å². The van der Waals surface area contributed by atoms with E-state index in [4.69, 9.17) is 14.0 Å².